The lowest BCUT2D eigenvalue weighted by atomic mass is 9.95. The van der Waals surface area contributed by atoms with E-state index in [1.54, 1.807) is 11.0 Å². The number of carbonyl (C=O) groups is 3. The van der Waals surface area contributed by atoms with E-state index in [-0.39, 0.29) is 43.4 Å². The van der Waals surface area contributed by atoms with E-state index in [0.717, 1.165) is 62.9 Å². The lowest BCUT2D eigenvalue weighted by Crippen LogP contribution is -2.46. The second-order valence-corrected chi connectivity index (χ2v) is 10.4. The Morgan fingerprint density at radius 3 is 2.44 bits per heavy atom. The quantitative estimate of drug-likeness (QED) is 0.650. The summed E-state index contributed by atoms with van der Waals surface area (Å²) in [5, 5.41) is 3.47. The second kappa shape index (κ2) is 10.9. The predicted octanol–water partition coefficient (Wildman–Crippen LogP) is 4.38. The maximum atomic E-state index is 13.7. The van der Waals surface area contributed by atoms with Crippen LogP contribution in [-0.2, 0) is 16.1 Å². The molecule has 36 heavy (non-hydrogen) atoms. The number of para-hydroxylation sites is 1. The standard InChI is InChI=1S/C28H33ClN4O3/c29-24-16-22(31-14-6-7-15-31)12-13-23(24)28(36)33-19-27(35)32(17-20-8-4-5-11-25(20)33)18-26(34)30-21-9-2-1-3-10-21/h4-5,8,11-13,16,21H,1-3,6-7,9-10,14-15,17-19H2,(H,30,34). The molecule has 0 radical (unpaired) electrons. The molecule has 0 aromatic heterocycles. The van der Waals surface area contributed by atoms with E-state index in [4.69, 9.17) is 11.6 Å². The van der Waals surface area contributed by atoms with Gasteiger partial charge in [-0.1, -0.05) is 49.1 Å². The van der Waals surface area contributed by atoms with Gasteiger partial charge in [-0.05, 0) is 55.5 Å². The summed E-state index contributed by atoms with van der Waals surface area (Å²) in [6.07, 6.45) is 7.74. The maximum Gasteiger partial charge on any atom is 0.260 e. The number of carbonyl (C=O) groups excluding carboxylic acids is 3. The van der Waals surface area contributed by atoms with Gasteiger partial charge >= 0.3 is 0 Å². The van der Waals surface area contributed by atoms with Gasteiger partial charge in [-0.15, -0.1) is 0 Å². The van der Waals surface area contributed by atoms with Crippen LogP contribution in [-0.4, -0.2) is 54.8 Å². The van der Waals surface area contributed by atoms with Crippen LogP contribution < -0.4 is 15.1 Å². The zero-order valence-electron chi connectivity index (χ0n) is 20.5. The van der Waals surface area contributed by atoms with E-state index in [0.29, 0.717) is 16.3 Å². The van der Waals surface area contributed by atoms with Crippen LogP contribution >= 0.6 is 11.6 Å². The van der Waals surface area contributed by atoms with E-state index >= 15 is 0 Å². The highest BCUT2D eigenvalue weighted by Crippen LogP contribution is 2.31. The fourth-order valence-corrected chi connectivity index (χ4v) is 5.79. The van der Waals surface area contributed by atoms with Crippen LogP contribution in [0.15, 0.2) is 42.5 Å². The third-order valence-electron chi connectivity index (χ3n) is 7.49. The Kier molecular flexibility index (Phi) is 7.46. The van der Waals surface area contributed by atoms with Crippen molar-refractivity contribution in [1.29, 1.82) is 0 Å². The Bertz CT molecular complexity index is 1140. The Morgan fingerprint density at radius 1 is 0.944 bits per heavy atom. The first-order valence-electron chi connectivity index (χ1n) is 13.0. The summed E-state index contributed by atoms with van der Waals surface area (Å²) in [7, 11) is 0. The van der Waals surface area contributed by atoms with Crippen LogP contribution in [0.2, 0.25) is 5.02 Å². The van der Waals surface area contributed by atoms with Gasteiger partial charge in [0.05, 0.1) is 17.1 Å². The molecular formula is C28H33ClN4O3. The molecule has 3 aliphatic rings. The minimum atomic E-state index is -0.317. The van der Waals surface area contributed by atoms with E-state index in [1.807, 2.05) is 36.4 Å². The summed E-state index contributed by atoms with van der Waals surface area (Å²) in [6, 6.07) is 13.2. The van der Waals surface area contributed by atoms with Crippen molar-refractivity contribution >= 4 is 40.7 Å². The number of rotatable bonds is 5. The van der Waals surface area contributed by atoms with Crippen molar-refractivity contribution in [3.63, 3.8) is 0 Å². The van der Waals surface area contributed by atoms with Gasteiger partial charge in [0.25, 0.3) is 5.91 Å². The van der Waals surface area contributed by atoms with Crippen LogP contribution in [0.5, 0.6) is 0 Å². The Labute approximate surface area is 217 Å². The topological polar surface area (TPSA) is 73.0 Å². The molecule has 0 atom stereocenters. The smallest absolute Gasteiger partial charge is 0.260 e. The van der Waals surface area contributed by atoms with Crippen molar-refractivity contribution < 1.29 is 14.4 Å². The van der Waals surface area contributed by atoms with Gasteiger partial charge in [-0.25, -0.2) is 0 Å². The SMILES string of the molecule is O=C(CN1Cc2ccccc2N(C(=O)c2ccc(N3CCCC3)cc2Cl)CC1=O)NC1CCCCC1. The van der Waals surface area contributed by atoms with E-state index in [9.17, 15) is 14.4 Å². The van der Waals surface area contributed by atoms with Crippen molar-refractivity contribution in [2.24, 2.45) is 0 Å². The Balaban J connectivity index is 1.34. The highest BCUT2D eigenvalue weighted by Gasteiger charge is 2.32. The number of anilines is 2. The minimum absolute atomic E-state index is 0.0169. The van der Waals surface area contributed by atoms with E-state index in [2.05, 4.69) is 10.2 Å². The Hall–Kier alpha value is -3.06. The van der Waals surface area contributed by atoms with Crippen LogP contribution in [0.1, 0.15) is 60.9 Å². The lowest BCUT2D eigenvalue weighted by Gasteiger charge is -2.26. The summed E-state index contributed by atoms with van der Waals surface area (Å²) >= 11 is 6.59. The van der Waals surface area contributed by atoms with Crippen LogP contribution in [0.25, 0.3) is 0 Å². The van der Waals surface area contributed by atoms with Gasteiger partial charge in [0.1, 0.15) is 6.54 Å². The average Bonchev–Trinajstić information content (AvgIpc) is 3.38. The fourth-order valence-electron chi connectivity index (χ4n) is 5.54. The second-order valence-electron chi connectivity index (χ2n) is 10.0. The molecule has 1 saturated carbocycles. The number of halogens is 1. The molecule has 7 nitrogen and oxygen atoms in total. The summed E-state index contributed by atoms with van der Waals surface area (Å²) in [5.41, 5.74) is 2.87. The lowest BCUT2D eigenvalue weighted by molar-refractivity contribution is -0.135. The van der Waals surface area contributed by atoms with Gasteiger partial charge in [0, 0.05) is 37.1 Å². The van der Waals surface area contributed by atoms with Crippen molar-refractivity contribution in [1.82, 2.24) is 10.2 Å². The van der Waals surface area contributed by atoms with Crippen molar-refractivity contribution in [2.45, 2.75) is 57.5 Å². The molecule has 2 aliphatic heterocycles. The molecule has 0 unspecified atom stereocenters. The number of amides is 3. The number of nitrogens with zero attached hydrogens (tertiary/aromatic N) is 3. The van der Waals surface area contributed by atoms with Gasteiger partial charge in [0.2, 0.25) is 11.8 Å². The number of hydrogen-bond donors (Lipinski definition) is 1. The van der Waals surface area contributed by atoms with Crippen LogP contribution in [0.3, 0.4) is 0 Å². The number of fused-ring (bicyclic) bond motifs is 1. The highest BCUT2D eigenvalue weighted by atomic mass is 35.5. The van der Waals surface area contributed by atoms with Gasteiger partial charge in [-0.2, -0.15) is 0 Å². The van der Waals surface area contributed by atoms with E-state index < -0.39 is 0 Å². The first-order valence-corrected chi connectivity index (χ1v) is 13.4. The molecular weight excluding hydrogens is 476 g/mol. The Morgan fingerprint density at radius 2 is 1.69 bits per heavy atom. The molecule has 0 bridgehead atoms. The van der Waals surface area contributed by atoms with Crippen LogP contribution in [0.4, 0.5) is 11.4 Å². The summed E-state index contributed by atoms with van der Waals surface area (Å²) < 4.78 is 0. The number of nitrogens with one attached hydrogen (secondary N) is 1. The third-order valence-corrected chi connectivity index (χ3v) is 7.81. The zero-order valence-corrected chi connectivity index (χ0v) is 21.3. The zero-order chi connectivity index (χ0) is 25.1. The molecule has 2 heterocycles. The molecule has 2 aromatic carbocycles. The molecule has 2 fully saturated rings. The molecule has 190 valence electrons. The van der Waals surface area contributed by atoms with Crippen molar-refractivity contribution in [3.8, 4) is 0 Å². The van der Waals surface area contributed by atoms with Crippen molar-refractivity contribution in [3.05, 3.63) is 58.6 Å². The molecule has 8 heteroatoms. The molecule has 3 amide bonds. The van der Waals surface area contributed by atoms with Gasteiger partial charge in [0.15, 0.2) is 0 Å². The molecule has 0 spiro atoms. The summed E-state index contributed by atoms with van der Waals surface area (Å²) in [5.74, 6) is -0.724. The van der Waals surface area contributed by atoms with Gasteiger partial charge < -0.3 is 15.1 Å². The van der Waals surface area contributed by atoms with E-state index in [1.165, 1.54) is 11.3 Å². The largest absolute Gasteiger partial charge is 0.371 e. The monoisotopic (exact) mass is 508 g/mol. The molecule has 5 rings (SSSR count). The summed E-state index contributed by atoms with van der Waals surface area (Å²) in [4.78, 5) is 45.0. The maximum absolute atomic E-state index is 13.7. The number of hydrogen-bond acceptors (Lipinski definition) is 4. The normalized spacial score (nSPS) is 18.7. The molecule has 1 saturated heterocycles. The average molecular weight is 509 g/mol. The first-order chi connectivity index (χ1) is 17.5. The molecule has 1 N–H and O–H groups in total. The highest BCUT2D eigenvalue weighted by molar-refractivity contribution is 6.35. The van der Waals surface area contributed by atoms with Gasteiger partial charge in [-0.3, -0.25) is 19.3 Å². The van der Waals surface area contributed by atoms with Crippen molar-refractivity contribution in [2.75, 3.05) is 36.0 Å². The number of benzene rings is 2. The first kappa shape index (κ1) is 24.6. The van der Waals surface area contributed by atoms with Crippen LogP contribution in [0, 0.1) is 0 Å². The molecule has 2 aromatic rings. The summed E-state index contributed by atoms with van der Waals surface area (Å²) in [6.45, 7) is 2.09. The third kappa shape index (κ3) is 5.36. The predicted molar refractivity (Wildman–Crippen MR) is 141 cm³/mol. The molecule has 1 aliphatic carbocycles. The minimum Gasteiger partial charge on any atom is -0.371 e. The fraction of sp³-hybridized carbons (Fsp3) is 0.464.